The molecule has 0 atom stereocenters. The first-order chi connectivity index (χ1) is 11.7. The van der Waals surface area contributed by atoms with Crippen LogP contribution in [0.15, 0.2) is 48.5 Å². The van der Waals surface area contributed by atoms with Gasteiger partial charge >= 0.3 is 6.09 Å². The Hall–Kier alpha value is -3.06. The number of alkyl carbamates (subject to hydrolysis) is 1. The highest BCUT2D eigenvalue weighted by Gasteiger charge is 2.28. The second-order valence-electron chi connectivity index (χ2n) is 5.60. The predicted octanol–water partition coefficient (Wildman–Crippen LogP) is 3.12. The zero-order valence-electron chi connectivity index (χ0n) is 13.1. The molecule has 2 aromatic carbocycles. The molecule has 3 rings (SSSR count). The van der Waals surface area contributed by atoms with Crippen molar-refractivity contribution in [2.75, 3.05) is 13.2 Å². The van der Waals surface area contributed by atoms with Crippen LogP contribution in [0.2, 0.25) is 0 Å². The summed E-state index contributed by atoms with van der Waals surface area (Å²) in [6.45, 7) is 0.115. The van der Waals surface area contributed by atoms with Crippen LogP contribution < -0.4 is 5.32 Å². The van der Waals surface area contributed by atoms with Crippen LogP contribution in [0.1, 0.15) is 23.5 Å². The predicted molar refractivity (Wildman–Crippen MR) is 91.5 cm³/mol. The minimum atomic E-state index is -0.609. The molecule has 0 saturated heterocycles. The molecule has 0 fully saturated rings. The lowest BCUT2D eigenvalue weighted by Gasteiger charge is -2.14. The van der Waals surface area contributed by atoms with Crippen LogP contribution in [0, 0.1) is 12.3 Å². The van der Waals surface area contributed by atoms with Gasteiger partial charge in [-0.3, -0.25) is 4.79 Å². The molecule has 120 valence electrons. The number of terminal acetylenes is 1. The number of ether oxygens (including phenoxy) is 1. The molecule has 0 heterocycles. The van der Waals surface area contributed by atoms with Crippen molar-refractivity contribution in [3.63, 3.8) is 0 Å². The molecule has 2 aromatic rings. The summed E-state index contributed by atoms with van der Waals surface area (Å²) >= 11 is 0. The molecule has 4 heteroatoms. The Morgan fingerprint density at radius 1 is 1.04 bits per heavy atom. The molecule has 24 heavy (non-hydrogen) atoms. The van der Waals surface area contributed by atoms with E-state index >= 15 is 0 Å². The first-order valence-corrected chi connectivity index (χ1v) is 7.74. The zero-order valence-corrected chi connectivity index (χ0v) is 13.1. The van der Waals surface area contributed by atoms with E-state index in [9.17, 15) is 9.59 Å². The smallest absolute Gasteiger partial charge is 0.407 e. The normalized spacial score (nSPS) is 12.0. The van der Waals surface area contributed by atoms with Crippen molar-refractivity contribution >= 4 is 11.9 Å². The van der Waals surface area contributed by atoms with Gasteiger partial charge in [0, 0.05) is 5.92 Å². The third-order valence-corrected chi connectivity index (χ3v) is 4.07. The molecule has 1 amide bonds. The van der Waals surface area contributed by atoms with E-state index in [1.54, 1.807) is 0 Å². The van der Waals surface area contributed by atoms with Gasteiger partial charge < -0.3 is 10.1 Å². The molecule has 0 aliphatic heterocycles. The highest BCUT2D eigenvalue weighted by Crippen LogP contribution is 2.44. The number of fused-ring (bicyclic) bond motifs is 3. The van der Waals surface area contributed by atoms with Gasteiger partial charge in [0.2, 0.25) is 0 Å². The molecule has 0 aromatic heterocycles. The van der Waals surface area contributed by atoms with E-state index in [0.717, 1.165) is 11.1 Å². The molecule has 1 aliphatic carbocycles. The Balaban J connectivity index is 1.67. The average molecular weight is 319 g/mol. The van der Waals surface area contributed by atoms with Crippen molar-refractivity contribution < 1.29 is 14.3 Å². The highest BCUT2D eigenvalue weighted by atomic mass is 16.5. The second kappa shape index (κ2) is 7.01. The fourth-order valence-electron chi connectivity index (χ4n) is 3.00. The Kier molecular flexibility index (Phi) is 4.62. The van der Waals surface area contributed by atoms with Crippen molar-refractivity contribution in [1.82, 2.24) is 5.32 Å². The maximum absolute atomic E-state index is 11.8. The fraction of sp³-hybridized carbons (Fsp3) is 0.200. The van der Waals surface area contributed by atoms with Gasteiger partial charge in [0.1, 0.15) is 6.61 Å². The Bertz CT molecular complexity index is 774. The Morgan fingerprint density at radius 3 is 2.21 bits per heavy atom. The molecule has 4 nitrogen and oxygen atoms in total. The number of carbonyl (C=O) groups excluding carboxylic acids is 2. The van der Waals surface area contributed by atoms with E-state index in [2.05, 4.69) is 35.5 Å². The largest absolute Gasteiger partial charge is 0.449 e. The van der Waals surface area contributed by atoms with Crippen molar-refractivity contribution in [3.05, 3.63) is 59.7 Å². The lowest BCUT2D eigenvalue weighted by atomic mass is 9.98. The summed E-state index contributed by atoms with van der Waals surface area (Å²) in [6.07, 6.45) is 4.45. The maximum Gasteiger partial charge on any atom is 0.407 e. The van der Waals surface area contributed by atoms with Crippen LogP contribution in [-0.4, -0.2) is 25.0 Å². The van der Waals surface area contributed by atoms with Crippen LogP contribution in [0.5, 0.6) is 0 Å². The third-order valence-electron chi connectivity index (χ3n) is 4.07. The number of ketones is 1. The van der Waals surface area contributed by atoms with Gasteiger partial charge in [-0.05, 0) is 22.3 Å². The van der Waals surface area contributed by atoms with E-state index in [4.69, 9.17) is 11.2 Å². The van der Waals surface area contributed by atoms with Gasteiger partial charge in [-0.2, -0.15) is 0 Å². The summed E-state index contributed by atoms with van der Waals surface area (Å²) in [5.41, 5.74) is 4.64. The highest BCUT2D eigenvalue weighted by molar-refractivity contribution is 5.85. The number of hydrogen-bond donors (Lipinski definition) is 1. The van der Waals surface area contributed by atoms with Crippen molar-refractivity contribution in [2.45, 2.75) is 12.3 Å². The van der Waals surface area contributed by atoms with Gasteiger partial charge in [-0.1, -0.05) is 54.5 Å². The monoisotopic (exact) mass is 319 g/mol. The SMILES string of the molecule is C#CCC(=O)CNC(=O)OCC1c2ccccc2-c2ccccc21. The van der Waals surface area contributed by atoms with E-state index in [0.29, 0.717) is 0 Å². The molecule has 0 saturated carbocycles. The average Bonchev–Trinajstić information content (AvgIpc) is 2.92. The van der Waals surface area contributed by atoms with E-state index in [1.807, 2.05) is 24.3 Å². The van der Waals surface area contributed by atoms with Gasteiger partial charge in [-0.15, -0.1) is 6.42 Å². The van der Waals surface area contributed by atoms with Gasteiger partial charge in [-0.25, -0.2) is 4.79 Å². The Morgan fingerprint density at radius 2 is 1.62 bits per heavy atom. The van der Waals surface area contributed by atoms with Crippen LogP contribution in [0.4, 0.5) is 4.79 Å². The minimum Gasteiger partial charge on any atom is -0.449 e. The topological polar surface area (TPSA) is 55.4 Å². The molecule has 1 aliphatic rings. The summed E-state index contributed by atoms with van der Waals surface area (Å²) < 4.78 is 5.31. The number of nitrogens with one attached hydrogen (secondary N) is 1. The summed E-state index contributed by atoms with van der Waals surface area (Å²) in [5.74, 6) is 2.04. The second-order valence-corrected chi connectivity index (χ2v) is 5.60. The van der Waals surface area contributed by atoms with Crippen molar-refractivity contribution in [2.24, 2.45) is 0 Å². The third kappa shape index (κ3) is 3.16. The standard InChI is InChI=1S/C20H17NO3/c1-2-7-14(22)12-21-20(23)24-13-19-17-10-5-3-8-15(17)16-9-4-6-11-18(16)19/h1,3-6,8-11,19H,7,12-13H2,(H,21,23). The minimum absolute atomic E-state index is 0.00363. The fourth-order valence-corrected chi connectivity index (χ4v) is 3.00. The molecule has 0 bridgehead atoms. The molecular weight excluding hydrogens is 302 g/mol. The summed E-state index contributed by atoms with van der Waals surface area (Å²) in [5, 5.41) is 2.43. The van der Waals surface area contributed by atoms with Crippen LogP contribution in [0.3, 0.4) is 0 Å². The lowest BCUT2D eigenvalue weighted by Crippen LogP contribution is -2.30. The molecule has 0 radical (unpaired) electrons. The van der Waals surface area contributed by atoms with Crippen molar-refractivity contribution in [3.8, 4) is 23.5 Å². The molecular formula is C20H17NO3. The molecule has 1 N–H and O–H groups in total. The summed E-state index contributed by atoms with van der Waals surface area (Å²) in [4.78, 5) is 23.1. The first kappa shape index (κ1) is 15.8. The quantitative estimate of drug-likeness (QED) is 0.862. The maximum atomic E-state index is 11.8. The Labute approximate surface area is 140 Å². The van der Waals surface area contributed by atoms with Crippen LogP contribution in [-0.2, 0) is 9.53 Å². The van der Waals surface area contributed by atoms with E-state index in [-0.39, 0.29) is 31.3 Å². The number of rotatable bonds is 5. The number of hydrogen-bond acceptors (Lipinski definition) is 3. The van der Waals surface area contributed by atoms with Gasteiger partial charge in [0.15, 0.2) is 5.78 Å². The number of amides is 1. The molecule has 0 unspecified atom stereocenters. The van der Waals surface area contributed by atoms with E-state index < -0.39 is 6.09 Å². The van der Waals surface area contributed by atoms with Crippen molar-refractivity contribution in [1.29, 1.82) is 0 Å². The number of benzene rings is 2. The van der Waals surface area contributed by atoms with Gasteiger partial charge in [0.25, 0.3) is 0 Å². The summed E-state index contributed by atoms with van der Waals surface area (Å²) in [6, 6.07) is 16.2. The lowest BCUT2D eigenvalue weighted by molar-refractivity contribution is -0.117. The number of Topliss-reactive ketones (excluding diaryl/α,β-unsaturated/α-hetero) is 1. The van der Waals surface area contributed by atoms with Gasteiger partial charge in [0.05, 0.1) is 13.0 Å². The number of carbonyl (C=O) groups is 2. The summed E-state index contributed by atoms with van der Waals surface area (Å²) in [7, 11) is 0. The zero-order chi connectivity index (χ0) is 16.9. The molecule has 0 spiro atoms. The van der Waals surface area contributed by atoms with Crippen LogP contribution >= 0.6 is 0 Å². The first-order valence-electron chi connectivity index (χ1n) is 7.74. The van der Waals surface area contributed by atoms with E-state index in [1.165, 1.54) is 11.1 Å². The van der Waals surface area contributed by atoms with Crippen LogP contribution in [0.25, 0.3) is 11.1 Å².